The monoisotopic (exact) mass is 237 g/mol. The lowest BCUT2D eigenvalue weighted by molar-refractivity contribution is -0.135. The summed E-state index contributed by atoms with van der Waals surface area (Å²) >= 11 is 1.67. The van der Waals surface area contributed by atoms with Gasteiger partial charge in [-0.05, 0) is 32.0 Å². The van der Waals surface area contributed by atoms with Crippen molar-refractivity contribution in [2.24, 2.45) is 0 Å². The van der Waals surface area contributed by atoms with Crippen LogP contribution in [-0.2, 0) is 6.54 Å². The van der Waals surface area contributed by atoms with Gasteiger partial charge in [-0.2, -0.15) is 13.2 Å². The molecule has 5 heteroatoms. The van der Waals surface area contributed by atoms with Crippen molar-refractivity contribution in [1.82, 2.24) is 5.32 Å². The van der Waals surface area contributed by atoms with Gasteiger partial charge in [-0.25, -0.2) is 0 Å². The maximum absolute atomic E-state index is 11.8. The molecule has 0 bridgehead atoms. The molecule has 1 rings (SSSR count). The normalized spacial score (nSPS) is 12.0. The number of hydrogen-bond acceptors (Lipinski definition) is 2. The van der Waals surface area contributed by atoms with E-state index in [2.05, 4.69) is 5.32 Å². The summed E-state index contributed by atoms with van der Waals surface area (Å²) in [6.45, 7) is 3.09. The average molecular weight is 237 g/mol. The molecule has 0 spiro atoms. The summed E-state index contributed by atoms with van der Waals surface area (Å²) in [5, 5.41) is 3.00. The van der Waals surface area contributed by atoms with E-state index < -0.39 is 12.6 Å². The average Bonchev–Trinajstić information content (AvgIpc) is 2.49. The number of nitrogens with one attached hydrogen (secondary N) is 1. The van der Waals surface area contributed by atoms with Crippen LogP contribution in [-0.4, -0.2) is 12.7 Å². The Hall–Kier alpha value is -0.550. The van der Waals surface area contributed by atoms with Gasteiger partial charge < -0.3 is 5.32 Å². The maximum Gasteiger partial charge on any atom is 0.389 e. The molecule has 0 aliphatic heterocycles. The molecule has 0 aromatic carbocycles. The Labute approximate surface area is 91.3 Å². The second kappa shape index (κ2) is 5.51. The van der Waals surface area contributed by atoms with Crippen LogP contribution < -0.4 is 5.32 Å². The van der Waals surface area contributed by atoms with Crippen molar-refractivity contribution in [1.29, 1.82) is 0 Å². The van der Waals surface area contributed by atoms with Crippen LogP contribution in [0.25, 0.3) is 0 Å². The van der Waals surface area contributed by atoms with E-state index in [1.165, 1.54) is 9.75 Å². The van der Waals surface area contributed by atoms with Crippen LogP contribution in [0.3, 0.4) is 0 Å². The van der Waals surface area contributed by atoms with Crippen molar-refractivity contribution in [2.45, 2.75) is 32.5 Å². The number of alkyl halides is 3. The largest absolute Gasteiger partial charge is 0.389 e. The molecule has 0 amide bonds. The fourth-order valence-electron chi connectivity index (χ4n) is 1.21. The van der Waals surface area contributed by atoms with Crippen LogP contribution in [0.2, 0.25) is 0 Å². The van der Waals surface area contributed by atoms with E-state index in [1.807, 2.05) is 19.1 Å². The van der Waals surface area contributed by atoms with Crippen molar-refractivity contribution in [3.63, 3.8) is 0 Å². The Bertz CT molecular complexity index is 293. The Balaban J connectivity index is 2.07. The summed E-state index contributed by atoms with van der Waals surface area (Å²) in [7, 11) is 0. The Morgan fingerprint density at radius 2 is 2.07 bits per heavy atom. The van der Waals surface area contributed by atoms with E-state index in [-0.39, 0.29) is 6.42 Å². The second-order valence-electron chi connectivity index (χ2n) is 3.41. The first-order chi connectivity index (χ1) is 6.97. The van der Waals surface area contributed by atoms with Crippen LogP contribution in [0.4, 0.5) is 13.2 Å². The van der Waals surface area contributed by atoms with Gasteiger partial charge in [0.25, 0.3) is 0 Å². The van der Waals surface area contributed by atoms with Crippen molar-refractivity contribution >= 4 is 11.3 Å². The highest BCUT2D eigenvalue weighted by Gasteiger charge is 2.25. The van der Waals surface area contributed by atoms with E-state index >= 15 is 0 Å². The number of hydrogen-bond donors (Lipinski definition) is 1. The van der Waals surface area contributed by atoms with E-state index in [4.69, 9.17) is 0 Å². The minimum atomic E-state index is -4.03. The van der Waals surface area contributed by atoms with Gasteiger partial charge in [0.15, 0.2) is 0 Å². The van der Waals surface area contributed by atoms with Gasteiger partial charge in [-0.15, -0.1) is 11.3 Å². The number of thiophene rings is 1. The van der Waals surface area contributed by atoms with Crippen LogP contribution >= 0.6 is 11.3 Å². The van der Waals surface area contributed by atoms with Gasteiger partial charge in [0.1, 0.15) is 0 Å². The predicted molar refractivity (Wildman–Crippen MR) is 56.1 cm³/mol. The van der Waals surface area contributed by atoms with Crippen molar-refractivity contribution in [3.8, 4) is 0 Å². The quantitative estimate of drug-likeness (QED) is 0.773. The third-order valence-electron chi connectivity index (χ3n) is 1.91. The Morgan fingerprint density at radius 1 is 1.33 bits per heavy atom. The lowest BCUT2D eigenvalue weighted by Crippen LogP contribution is -2.17. The molecule has 15 heavy (non-hydrogen) atoms. The number of aryl methyl sites for hydroxylation is 1. The molecule has 0 radical (unpaired) electrons. The summed E-state index contributed by atoms with van der Waals surface area (Å²) in [6.07, 6.45) is -4.58. The lowest BCUT2D eigenvalue weighted by atomic mass is 10.3. The zero-order chi connectivity index (χ0) is 11.3. The molecule has 0 aliphatic carbocycles. The molecule has 0 fully saturated rings. The molecule has 1 aromatic rings. The van der Waals surface area contributed by atoms with Gasteiger partial charge in [0.05, 0.1) is 0 Å². The SMILES string of the molecule is Cc1ccc(CNCCCC(F)(F)F)s1. The predicted octanol–water partition coefficient (Wildman–Crippen LogP) is 3.49. The first-order valence-electron chi connectivity index (χ1n) is 4.80. The van der Waals surface area contributed by atoms with Crippen LogP contribution in [0.1, 0.15) is 22.6 Å². The Kier molecular flexibility index (Phi) is 4.60. The van der Waals surface area contributed by atoms with Gasteiger partial charge in [-0.1, -0.05) is 0 Å². The number of halogens is 3. The zero-order valence-electron chi connectivity index (χ0n) is 8.53. The molecule has 0 saturated heterocycles. The minimum Gasteiger partial charge on any atom is -0.312 e. The van der Waals surface area contributed by atoms with Gasteiger partial charge in [0.2, 0.25) is 0 Å². The highest BCUT2D eigenvalue weighted by molar-refractivity contribution is 7.11. The van der Waals surface area contributed by atoms with Crippen LogP contribution in [0, 0.1) is 6.92 Å². The molecule has 86 valence electrons. The second-order valence-corrected chi connectivity index (χ2v) is 4.78. The first-order valence-corrected chi connectivity index (χ1v) is 5.62. The zero-order valence-corrected chi connectivity index (χ0v) is 9.34. The summed E-state index contributed by atoms with van der Waals surface area (Å²) in [5.74, 6) is 0. The highest BCUT2D eigenvalue weighted by Crippen LogP contribution is 2.20. The molecular weight excluding hydrogens is 223 g/mol. The van der Waals surface area contributed by atoms with E-state index in [0.29, 0.717) is 13.1 Å². The van der Waals surface area contributed by atoms with Crippen molar-refractivity contribution in [2.75, 3.05) is 6.54 Å². The maximum atomic E-state index is 11.8. The summed E-state index contributed by atoms with van der Waals surface area (Å²) in [4.78, 5) is 2.39. The molecular formula is C10H14F3NS. The molecule has 1 nitrogen and oxygen atoms in total. The topological polar surface area (TPSA) is 12.0 Å². The summed E-state index contributed by atoms with van der Waals surface area (Å²) in [5.41, 5.74) is 0. The number of rotatable bonds is 5. The minimum absolute atomic E-state index is 0.147. The molecule has 1 heterocycles. The first kappa shape index (κ1) is 12.5. The van der Waals surface area contributed by atoms with Crippen LogP contribution in [0.5, 0.6) is 0 Å². The van der Waals surface area contributed by atoms with E-state index in [9.17, 15) is 13.2 Å². The molecule has 1 N–H and O–H groups in total. The Morgan fingerprint density at radius 3 is 2.60 bits per heavy atom. The highest BCUT2D eigenvalue weighted by atomic mass is 32.1. The standard InChI is InChI=1S/C10H14F3NS/c1-8-3-4-9(15-8)7-14-6-2-5-10(11,12)13/h3-4,14H,2,5-7H2,1H3. The van der Waals surface area contributed by atoms with Crippen LogP contribution in [0.15, 0.2) is 12.1 Å². The molecule has 1 aromatic heterocycles. The van der Waals surface area contributed by atoms with E-state index in [0.717, 1.165) is 0 Å². The fourth-order valence-corrected chi connectivity index (χ4v) is 2.07. The van der Waals surface area contributed by atoms with Crippen molar-refractivity contribution < 1.29 is 13.2 Å². The van der Waals surface area contributed by atoms with Gasteiger partial charge in [-0.3, -0.25) is 0 Å². The smallest absolute Gasteiger partial charge is 0.312 e. The molecule has 0 aliphatic rings. The third-order valence-corrected chi connectivity index (χ3v) is 2.91. The van der Waals surface area contributed by atoms with Crippen molar-refractivity contribution in [3.05, 3.63) is 21.9 Å². The molecule has 0 saturated carbocycles. The lowest BCUT2D eigenvalue weighted by Gasteiger charge is -2.06. The summed E-state index contributed by atoms with van der Waals surface area (Å²) < 4.78 is 35.4. The fraction of sp³-hybridized carbons (Fsp3) is 0.600. The summed E-state index contributed by atoms with van der Waals surface area (Å²) in [6, 6.07) is 4.01. The molecule has 0 unspecified atom stereocenters. The van der Waals surface area contributed by atoms with Gasteiger partial charge >= 0.3 is 6.18 Å². The van der Waals surface area contributed by atoms with Gasteiger partial charge in [0, 0.05) is 22.7 Å². The molecule has 0 atom stereocenters. The third kappa shape index (κ3) is 5.79. The van der Waals surface area contributed by atoms with E-state index in [1.54, 1.807) is 11.3 Å².